The third-order valence-electron chi connectivity index (χ3n) is 2.70. The Morgan fingerprint density at radius 2 is 2.25 bits per heavy atom. The third-order valence-corrected chi connectivity index (χ3v) is 3.14. The van der Waals surface area contributed by atoms with Crippen molar-refractivity contribution in [3.8, 4) is 0 Å². The summed E-state index contributed by atoms with van der Waals surface area (Å²) in [6.07, 6.45) is 1.83. The number of aliphatic hydroxyl groups is 1. The largest absolute Gasteiger partial charge is 0.396 e. The van der Waals surface area contributed by atoms with E-state index in [1.165, 1.54) is 0 Å². The summed E-state index contributed by atoms with van der Waals surface area (Å²) in [6, 6.07) is 1.72. The number of carbonyl (C=O) groups is 1. The normalized spacial score (nSPS) is 14.6. The number of hydrogen-bond donors (Lipinski definition) is 2. The zero-order valence-electron chi connectivity index (χ0n) is 9.70. The molecule has 1 aromatic rings. The Morgan fingerprint density at radius 3 is 2.69 bits per heavy atom. The maximum absolute atomic E-state index is 11.9. The van der Waals surface area contributed by atoms with Crippen molar-refractivity contribution < 1.29 is 9.90 Å². The van der Waals surface area contributed by atoms with E-state index in [0.717, 1.165) is 4.47 Å². The van der Waals surface area contributed by atoms with Crippen LogP contribution in [0.15, 0.2) is 16.7 Å². The van der Waals surface area contributed by atoms with Gasteiger partial charge in [-0.25, -0.2) is 0 Å². The number of carbonyl (C=O) groups excluding carboxylic acids is 1. The number of aryl methyl sites for hydroxylation is 1. The SMILES string of the molecule is CC(CO)C(C)NC(=O)c1cc(Br)cn1C. The molecule has 0 fully saturated rings. The molecule has 4 nitrogen and oxygen atoms in total. The van der Waals surface area contributed by atoms with Crippen molar-refractivity contribution in [1.82, 2.24) is 9.88 Å². The maximum atomic E-state index is 11.9. The maximum Gasteiger partial charge on any atom is 0.268 e. The van der Waals surface area contributed by atoms with Crippen molar-refractivity contribution in [2.24, 2.45) is 13.0 Å². The molecule has 0 saturated heterocycles. The van der Waals surface area contributed by atoms with Gasteiger partial charge in [0.25, 0.3) is 5.91 Å². The Labute approximate surface area is 104 Å². The van der Waals surface area contributed by atoms with E-state index in [1.807, 2.05) is 27.1 Å². The van der Waals surface area contributed by atoms with E-state index >= 15 is 0 Å². The number of amides is 1. The molecule has 90 valence electrons. The van der Waals surface area contributed by atoms with Crippen LogP contribution < -0.4 is 5.32 Å². The third kappa shape index (κ3) is 3.09. The molecule has 0 radical (unpaired) electrons. The quantitative estimate of drug-likeness (QED) is 0.883. The first-order valence-electron chi connectivity index (χ1n) is 5.19. The molecule has 0 saturated carbocycles. The van der Waals surface area contributed by atoms with Crippen LogP contribution in [0.2, 0.25) is 0 Å². The molecular weight excluding hydrogens is 272 g/mol. The first-order valence-corrected chi connectivity index (χ1v) is 5.98. The van der Waals surface area contributed by atoms with Gasteiger partial charge in [0.2, 0.25) is 0 Å². The first-order chi connectivity index (χ1) is 7.45. The van der Waals surface area contributed by atoms with Gasteiger partial charge in [0.1, 0.15) is 5.69 Å². The van der Waals surface area contributed by atoms with Crippen LogP contribution in [0.4, 0.5) is 0 Å². The second-order valence-corrected chi connectivity index (χ2v) is 4.99. The summed E-state index contributed by atoms with van der Waals surface area (Å²) >= 11 is 3.32. The molecule has 0 aromatic carbocycles. The Morgan fingerprint density at radius 1 is 1.62 bits per heavy atom. The van der Waals surface area contributed by atoms with Gasteiger partial charge in [-0.1, -0.05) is 6.92 Å². The number of rotatable bonds is 4. The van der Waals surface area contributed by atoms with E-state index in [1.54, 1.807) is 10.6 Å². The van der Waals surface area contributed by atoms with Gasteiger partial charge < -0.3 is 15.0 Å². The summed E-state index contributed by atoms with van der Waals surface area (Å²) in [4.78, 5) is 11.9. The van der Waals surface area contributed by atoms with Crippen LogP contribution in [0, 0.1) is 5.92 Å². The minimum Gasteiger partial charge on any atom is -0.396 e. The lowest BCUT2D eigenvalue weighted by Gasteiger charge is -2.19. The van der Waals surface area contributed by atoms with Crippen LogP contribution in [0.5, 0.6) is 0 Å². The molecule has 5 heteroatoms. The molecule has 1 rings (SSSR count). The van der Waals surface area contributed by atoms with Crippen molar-refractivity contribution >= 4 is 21.8 Å². The highest BCUT2D eigenvalue weighted by Crippen LogP contribution is 2.14. The number of halogens is 1. The van der Waals surface area contributed by atoms with Crippen LogP contribution in [0.25, 0.3) is 0 Å². The van der Waals surface area contributed by atoms with Crippen LogP contribution in [-0.2, 0) is 7.05 Å². The minimum absolute atomic E-state index is 0.0488. The molecule has 16 heavy (non-hydrogen) atoms. The Bertz CT molecular complexity index is 376. The summed E-state index contributed by atoms with van der Waals surface area (Å²) in [6.45, 7) is 3.85. The van der Waals surface area contributed by atoms with Crippen molar-refractivity contribution in [3.63, 3.8) is 0 Å². The van der Waals surface area contributed by atoms with E-state index in [-0.39, 0.29) is 24.5 Å². The topological polar surface area (TPSA) is 54.3 Å². The first kappa shape index (κ1) is 13.3. The van der Waals surface area contributed by atoms with Gasteiger partial charge in [-0.3, -0.25) is 4.79 Å². The fourth-order valence-electron chi connectivity index (χ4n) is 1.33. The van der Waals surface area contributed by atoms with Crippen molar-refractivity contribution in [1.29, 1.82) is 0 Å². The Hall–Kier alpha value is -0.810. The van der Waals surface area contributed by atoms with Gasteiger partial charge in [0, 0.05) is 30.4 Å². The molecule has 0 aliphatic carbocycles. The molecule has 0 spiro atoms. The molecule has 1 aromatic heterocycles. The molecular formula is C11H17BrN2O2. The highest BCUT2D eigenvalue weighted by atomic mass is 79.9. The summed E-state index contributed by atoms with van der Waals surface area (Å²) in [5, 5.41) is 11.8. The van der Waals surface area contributed by atoms with Gasteiger partial charge in [-0.15, -0.1) is 0 Å². The average Bonchev–Trinajstić information content (AvgIpc) is 2.56. The van der Waals surface area contributed by atoms with Crippen molar-refractivity contribution in [2.45, 2.75) is 19.9 Å². The van der Waals surface area contributed by atoms with Gasteiger partial charge in [-0.05, 0) is 34.8 Å². The molecule has 2 unspecified atom stereocenters. The number of nitrogens with one attached hydrogen (secondary N) is 1. The zero-order valence-corrected chi connectivity index (χ0v) is 11.3. The van der Waals surface area contributed by atoms with E-state index in [2.05, 4.69) is 21.2 Å². The highest BCUT2D eigenvalue weighted by Gasteiger charge is 2.17. The van der Waals surface area contributed by atoms with Gasteiger partial charge in [-0.2, -0.15) is 0 Å². The summed E-state index contributed by atoms with van der Waals surface area (Å²) in [5.41, 5.74) is 0.601. The number of hydrogen-bond acceptors (Lipinski definition) is 2. The van der Waals surface area contributed by atoms with Crippen LogP contribution in [0.1, 0.15) is 24.3 Å². The molecule has 2 atom stereocenters. The van der Waals surface area contributed by atoms with Crippen LogP contribution in [-0.4, -0.2) is 28.2 Å². The lowest BCUT2D eigenvalue weighted by Crippen LogP contribution is -2.39. The minimum atomic E-state index is -0.124. The van der Waals surface area contributed by atoms with E-state index in [0.29, 0.717) is 5.69 Å². The van der Waals surface area contributed by atoms with E-state index in [4.69, 9.17) is 5.11 Å². The van der Waals surface area contributed by atoms with Gasteiger partial charge in [0.15, 0.2) is 0 Å². The number of aliphatic hydroxyl groups excluding tert-OH is 1. The van der Waals surface area contributed by atoms with Crippen molar-refractivity contribution in [3.05, 3.63) is 22.4 Å². The summed E-state index contributed by atoms with van der Waals surface area (Å²) < 4.78 is 2.64. The fraction of sp³-hybridized carbons (Fsp3) is 0.545. The molecule has 0 aliphatic heterocycles. The Balaban J connectivity index is 2.69. The predicted molar refractivity (Wildman–Crippen MR) is 66.3 cm³/mol. The summed E-state index contributed by atoms with van der Waals surface area (Å²) in [7, 11) is 1.82. The van der Waals surface area contributed by atoms with Gasteiger partial charge in [0.05, 0.1) is 0 Å². The monoisotopic (exact) mass is 288 g/mol. The van der Waals surface area contributed by atoms with E-state index in [9.17, 15) is 4.79 Å². The molecule has 0 aliphatic rings. The van der Waals surface area contributed by atoms with Gasteiger partial charge >= 0.3 is 0 Å². The molecule has 1 heterocycles. The van der Waals surface area contributed by atoms with Crippen LogP contribution >= 0.6 is 15.9 Å². The lowest BCUT2D eigenvalue weighted by molar-refractivity contribution is 0.0908. The smallest absolute Gasteiger partial charge is 0.268 e. The zero-order chi connectivity index (χ0) is 12.3. The number of nitrogens with zero attached hydrogens (tertiary/aromatic N) is 1. The molecule has 2 N–H and O–H groups in total. The highest BCUT2D eigenvalue weighted by molar-refractivity contribution is 9.10. The van der Waals surface area contributed by atoms with Crippen molar-refractivity contribution in [2.75, 3.05) is 6.61 Å². The lowest BCUT2D eigenvalue weighted by atomic mass is 10.1. The average molecular weight is 289 g/mol. The molecule has 0 bridgehead atoms. The Kier molecular flexibility index (Phi) is 4.56. The second kappa shape index (κ2) is 5.50. The molecule has 1 amide bonds. The fourth-order valence-corrected chi connectivity index (χ4v) is 1.86. The van der Waals surface area contributed by atoms with Crippen LogP contribution in [0.3, 0.4) is 0 Å². The second-order valence-electron chi connectivity index (χ2n) is 4.08. The van der Waals surface area contributed by atoms with E-state index < -0.39 is 0 Å². The summed E-state index contributed by atoms with van der Waals surface area (Å²) in [5.74, 6) is -0.0753. The number of aromatic nitrogens is 1. The predicted octanol–water partition coefficient (Wildman–Crippen LogP) is 1.53. The standard InChI is InChI=1S/C11H17BrN2O2/c1-7(6-15)8(2)13-11(16)10-4-9(12)5-14(10)3/h4-5,7-8,15H,6H2,1-3H3,(H,13,16).